The first-order valence-corrected chi connectivity index (χ1v) is 6.84. The van der Waals surface area contributed by atoms with E-state index in [0.717, 1.165) is 0 Å². The van der Waals surface area contributed by atoms with Crippen LogP contribution in [0, 0.1) is 0 Å². The van der Waals surface area contributed by atoms with Crippen LogP contribution < -0.4 is 0 Å². The highest BCUT2D eigenvalue weighted by molar-refractivity contribution is 6.25. The molecule has 0 spiro atoms. The van der Waals surface area contributed by atoms with Gasteiger partial charge in [-0.25, -0.2) is 0 Å². The molecule has 0 amide bonds. The minimum atomic E-state index is -0.243. The summed E-state index contributed by atoms with van der Waals surface area (Å²) in [5.74, 6) is -0.671. The molecule has 0 aromatic heterocycles. The molecule has 0 heterocycles. The molecule has 3 heteroatoms. The van der Waals surface area contributed by atoms with Crippen LogP contribution in [0.2, 0.25) is 0 Å². The van der Waals surface area contributed by atoms with Crippen molar-refractivity contribution in [3.63, 3.8) is 0 Å². The zero-order chi connectivity index (χ0) is 15.5. The van der Waals surface area contributed by atoms with Crippen LogP contribution in [0.4, 0.5) is 0 Å². The van der Waals surface area contributed by atoms with Gasteiger partial charge in [0.15, 0.2) is 17.3 Å². The quantitative estimate of drug-likeness (QED) is 0.642. The van der Waals surface area contributed by atoms with E-state index >= 15 is 0 Å². The Labute approximate surface area is 127 Å². The van der Waals surface area contributed by atoms with Crippen molar-refractivity contribution < 1.29 is 14.4 Å². The van der Waals surface area contributed by atoms with E-state index in [9.17, 15) is 14.4 Å². The fourth-order valence-electron chi connectivity index (χ4n) is 2.32. The van der Waals surface area contributed by atoms with Gasteiger partial charge in [-0.05, 0) is 18.2 Å². The van der Waals surface area contributed by atoms with Crippen molar-refractivity contribution in [2.24, 2.45) is 0 Å². The van der Waals surface area contributed by atoms with Gasteiger partial charge in [-0.3, -0.25) is 14.4 Å². The van der Waals surface area contributed by atoms with Gasteiger partial charge in [-0.15, -0.1) is 0 Å². The van der Waals surface area contributed by atoms with E-state index in [4.69, 9.17) is 0 Å². The number of rotatable bonds is 3. The third-order valence-electron chi connectivity index (χ3n) is 3.46. The summed E-state index contributed by atoms with van der Waals surface area (Å²) >= 11 is 0. The van der Waals surface area contributed by atoms with Crippen molar-refractivity contribution in [1.82, 2.24) is 0 Å². The number of carbonyl (C=O) groups excluding carboxylic acids is 3. The molecular formula is C19H12O3. The minimum absolute atomic E-state index is 0.208. The topological polar surface area (TPSA) is 51.2 Å². The standard InChI is InChI=1S/C19H12O3/c20-17(13-6-2-1-3-7-13)11-10-14-12-18(21)15-8-4-5-9-16(15)19(14)22/h1-12H/b11-10+. The van der Waals surface area contributed by atoms with Gasteiger partial charge in [0.25, 0.3) is 0 Å². The molecular weight excluding hydrogens is 276 g/mol. The van der Waals surface area contributed by atoms with Crippen LogP contribution in [0.3, 0.4) is 0 Å². The smallest absolute Gasteiger partial charge is 0.193 e. The van der Waals surface area contributed by atoms with E-state index in [0.29, 0.717) is 16.7 Å². The number of allylic oxidation sites excluding steroid dienone is 4. The van der Waals surface area contributed by atoms with Gasteiger partial charge in [0.1, 0.15) is 0 Å². The second-order valence-electron chi connectivity index (χ2n) is 4.90. The van der Waals surface area contributed by atoms with Crippen LogP contribution >= 0.6 is 0 Å². The SMILES string of the molecule is O=C(/C=C/C1=CC(=O)c2ccccc2C1=O)c1ccccc1. The molecule has 0 saturated heterocycles. The summed E-state index contributed by atoms with van der Waals surface area (Å²) in [4.78, 5) is 36.3. The van der Waals surface area contributed by atoms with Crippen LogP contribution in [0.15, 0.2) is 78.4 Å². The number of hydrogen-bond acceptors (Lipinski definition) is 3. The number of Topliss-reactive ketones (excluding diaryl/α,β-unsaturated/α-hetero) is 1. The lowest BCUT2D eigenvalue weighted by atomic mass is 9.89. The fourth-order valence-corrected chi connectivity index (χ4v) is 2.32. The molecule has 2 aromatic carbocycles. The molecule has 1 aliphatic rings. The first-order valence-electron chi connectivity index (χ1n) is 6.84. The maximum Gasteiger partial charge on any atom is 0.193 e. The minimum Gasteiger partial charge on any atom is -0.289 e. The normalized spacial score (nSPS) is 13.9. The number of ketones is 3. The predicted octanol–water partition coefficient (Wildman–Crippen LogP) is 3.43. The molecule has 0 bridgehead atoms. The Hall–Kier alpha value is -3.07. The van der Waals surface area contributed by atoms with Gasteiger partial charge in [0.2, 0.25) is 0 Å². The highest BCUT2D eigenvalue weighted by atomic mass is 16.1. The maximum atomic E-state index is 12.3. The lowest BCUT2D eigenvalue weighted by Gasteiger charge is -2.12. The summed E-state index contributed by atoms with van der Waals surface area (Å²) in [5, 5.41) is 0. The van der Waals surface area contributed by atoms with Gasteiger partial charge in [-0.2, -0.15) is 0 Å². The van der Waals surface area contributed by atoms with Crippen LogP contribution in [-0.4, -0.2) is 17.3 Å². The molecule has 3 nitrogen and oxygen atoms in total. The molecule has 3 rings (SSSR count). The van der Waals surface area contributed by atoms with Crippen molar-refractivity contribution >= 4 is 17.3 Å². The molecule has 2 aromatic rings. The summed E-state index contributed by atoms with van der Waals surface area (Å²) < 4.78 is 0. The first-order chi connectivity index (χ1) is 10.7. The number of benzene rings is 2. The maximum absolute atomic E-state index is 12.3. The van der Waals surface area contributed by atoms with Crippen molar-refractivity contribution in [3.05, 3.63) is 95.1 Å². The Morgan fingerprint density at radius 1 is 0.818 bits per heavy atom. The second kappa shape index (κ2) is 5.74. The van der Waals surface area contributed by atoms with Crippen molar-refractivity contribution in [2.75, 3.05) is 0 Å². The van der Waals surface area contributed by atoms with Gasteiger partial charge in [0, 0.05) is 22.3 Å². The monoisotopic (exact) mass is 288 g/mol. The molecule has 0 N–H and O–H groups in total. The predicted molar refractivity (Wildman–Crippen MR) is 83.1 cm³/mol. The van der Waals surface area contributed by atoms with E-state index in [1.807, 2.05) is 6.07 Å². The summed E-state index contributed by atoms with van der Waals surface area (Å²) in [6.45, 7) is 0. The fraction of sp³-hybridized carbons (Fsp3) is 0. The Bertz CT molecular complexity index is 827. The third-order valence-corrected chi connectivity index (χ3v) is 3.46. The van der Waals surface area contributed by atoms with Gasteiger partial charge >= 0.3 is 0 Å². The van der Waals surface area contributed by atoms with Gasteiger partial charge < -0.3 is 0 Å². The highest BCUT2D eigenvalue weighted by Crippen LogP contribution is 2.21. The van der Waals surface area contributed by atoms with E-state index < -0.39 is 0 Å². The zero-order valence-corrected chi connectivity index (χ0v) is 11.7. The Kier molecular flexibility index (Phi) is 3.62. The molecule has 0 radical (unpaired) electrons. The third kappa shape index (κ3) is 2.56. The van der Waals surface area contributed by atoms with Gasteiger partial charge in [-0.1, -0.05) is 54.6 Å². The Balaban J connectivity index is 1.88. The summed E-state index contributed by atoms with van der Waals surface area (Å²) in [6, 6.07) is 15.4. The molecule has 0 atom stereocenters. The summed E-state index contributed by atoms with van der Waals surface area (Å²) in [5.41, 5.74) is 1.54. The average Bonchev–Trinajstić information content (AvgIpc) is 2.57. The summed E-state index contributed by atoms with van der Waals surface area (Å²) in [7, 11) is 0. The van der Waals surface area contributed by atoms with Crippen molar-refractivity contribution in [3.8, 4) is 0 Å². The van der Waals surface area contributed by atoms with E-state index in [-0.39, 0.29) is 22.9 Å². The lowest BCUT2D eigenvalue weighted by Crippen LogP contribution is -2.15. The van der Waals surface area contributed by atoms with Gasteiger partial charge in [0.05, 0.1) is 0 Å². The molecule has 0 aliphatic heterocycles. The Morgan fingerprint density at radius 2 is 1.45 bits per heavy atom. The Morgan fingerprint density at radius 3 is 2.18 bits per heavy atom. The average molecular weight is 288 g/mol. The molecule has 0 fully saturated rings. The van der Waals surface area contributed by atoms with E-state index in [1.165, 1.54) is 18.2 Å². The highest BCUT2D eigenvalue weighted by Gasteiger charge is 2.23. The lowest BCUT2D eigenvalue weighted by molar-refractivity contribution is 0.0987. The van der Waals surface area contributed by atoms with Crippen LogP contribution in [0.1, 0.15) is 31.1 Å². The molecule has 22 heavy (non-hydrogen) atoms. The second-order valence-corrected chi connectivity index (χ2v) is 4.90. The molecule has 1 aliphatic carbocycles. The molecule has 0 unspecified atom stereocenters. The van der Waals surface area contributed by atoms with Crippen LogP contribution in [-0.2, 0) is 0 Å². The largest absolute Gasteiger partial charge is 0.289 e. The first kappa shape index (κ1) is 13.9. The molecule has 106 valence electrons. The van der Waals surface area contributed by atoms with Crippen LogP contribution in [0.25, 0.3) is 0 Å². The van der Waals surface area contributed by atoms with Crippen LogP contribution in [0.5, 0.6) is 0 Å². The van der Waals surface area contributed by atoms with E-state index in [1.54, 1.807) is 48.5 Å². The molecule has 0 saturated carbocycles. The van der Waals surface area contributed by atoms with Crippen molar-refractivity contribution in [2.45, 2.75) is 0 Å². The summed E-state index contributed by atoms with van der Waals surface area (Å²) in [6.07, 6.45) is 4.01. The number of hydrogen-bond donors (Lipinski definition) is 0. The van der Waals surface area contributed by atoms with Crippen molar-refractivity contribution in [1.29, 1.82) is 0 Å². The number of carbonyl (C=O) groups is 3. The van der Waals surface area contributed by atoms with E-state index in [2.05, 4.69) is 0 Å². The number of fused-ring (bicyclic) bond motifs is 1. The zero-order valence-electron chi connectivity index (χ0n) is 11.7.